The van der Waals surface area contributed by atoms with E-state index in [1.807, 2.05) is 23.5 Å². The zero-order valence-electron chi connectivity index (χ0n) is 12.6. The Bertz CT molecular complexity index is 505. The quantitative estimate of drug-likeness (QED) is 0.751. The van der Waals surface area contributed by atoms with Crippen LogP contribution in [0.3, 0.4) is 0 Å². The lowest BCUT2D eigenvalue weighted by atomic mass is 10.2. The molecule has 4 heteroatoms. The van der Waals surface area contributed by atoms with Crippen LogP contribution in [0.2, 0.25) is 0 Å². The van der Waals surface area contributed by atoms with Gasteiger partial charge in [0.25, 0.3) is 0 Å². The van der Waals surface area contributed by atoms with Gasteiger partial charge in [-0.05, 0) is 50.7 Å². The standard InChI is InChI=1S/C16H24N2OS/c1-4-7-17-10-16-9-14(13(2)20-16)11-18(3)12-15-6-5-8-19-15/h5-6,8-9,17H,4,7,10-12H2,1-3H3. The average molecular weight is 292 g/mol. The van der Waals surface area contributed by atoms with Crippen LogP contribution in [0.25, 0.3) is 0 Å². The molecule has 0 spiro atoms. The molecule has 0 aliphatic heterocycles. The summed E-state index contributed by atoms with van der Waals surface area (Å²) < 4.78 is 5.39. The molecule has 0 aliphatic carbocycles. The molecule has 0 radical (unpaired) electrons. The molecular formula is C16H24N2OS. The van der Waals surface area contributed by atoms with Gasteiger partial charge in [-0.3, -0.25) is 4.90 Å². The summed E-state index contributed by atoms with van der Waals surface area (Å²) in [5.41, 5.74) is 1.43. The van der Waals surface area contributed by atoms with E-state index in [0.717, 1.165) is 31.9 Å². The summed E-state index contributed by atoms with van der Waals surface area (Å²) in [7, 11) is 2.13. The third kappa shape index (κ3) is 4.47. The number of hydrogen-bond acceptors (Lipinski definition) is 4. The third-order valence-corrected chi connectivity index (χ3v) is 4.34. The van der Waals surface area contributed by atoms with Crippen molar-refractivity contribution in [3.05, 3.63) is 45.5 Å². The van der Waals surface area contributed by atoms with Crippen molar-refractivity contribution in [3.8, 4) is 0 Å². The summed E-state index contributed by atoms with van der Waals surface area (Å²) >= 11 is 1.90. The van der Waals surface area contributed by atoms with Gasteiger partial charge in [0.15, 0.2) is 0 Å². The molecule has 2 aromatic rings. The van der Waals surface area contributed by atoms with Crippen LogP contribution in [-0.4, -0.2) is 18.5 Å². The van der Waals surface area contributed by atoms with Crippen LogP contribution >= 0.6 is 11.3 Å². The van der Waals surface area contributed by atoms with Gasteiger partial charge in [-0.25, -0.2) is 0 Å². The molecule has 0 saturated carbocycles. The molecule has 0 saturated heterocycles. The summed E-state index contributed by atoms with van der Waals surface area (Å²) in [5.74, 6) is 1.02. The maximum Gasteiger partial charge on any atom is 0.117 e. The van der Waals surface area contributed by atoms with Crippen LogP contribution in [0.4, 0.5) is 0 Å². The Balaban J connectivity index is 1.88. The molecular weight excluding hydrogens is 268 g/mol. The van der Waals surface area contributed by atoms with E-state index in [4.69, 9.17) is 4.42 Å². The third-order valence-electron chi connectivity index (χ3n) is 3.24. The van der Waals surface area contributed by atoms with E-state index < -0.39 is 0 Å². The maximum atomic E-state index is 5.39. The first-order valence-corrected chi connectivity index (χ1v) is 8.00. The Morgan fingerprint density at radius 3 is 2.90 bits per heavy atom. The van der Waals surface area contributed by atoms with E-state index in [9.17, 15) is 0 Å². The first kappa shape index (κ1) is 15.3. The highest BCUT2D eigenvalue weighted by Gasteiger charge is 2.09. The van der Waals surface area contributed by atoms with Crippen molar-refractivity contribution in [1.82, 2.24) is 10.2 Å². The van der Waals surface area contributed by atoms with E-state index in [2.05, 4.69) is 37.2 Å². The first-order valence-electron chi connectivity index (χ1n) is 7.19. The van der Waals surface area contributed by atoms with Crippen molar-refractivity contribution in [2.75, 3.05) is 13.6 Å². The second-order valence-electron chi connectivity index (χ2n) is 5.22. The van der Waals surface area contributed by atoms with Crippen LogP contribution in [-0.2, 0) is 19.6 Å². The van der Waals surface area contributed by atoms with E-state index in [-0.39, 0.29) is 0 Å². The number of thiophene rings is 1. The topological polar surface area (TPSA) is 28.4 Å². The number of aryl methyl sites for hydroxylation is 1. The van der Waals surface area contributed by atoms with Crippen LogP contribution in [0, 0.1) is 6.92 Å². The molecule has 1 N–H and O–H groups in total. The summed E-state index contributed by atoms with van der Waals surface area (Å²) in [6.45, 7) is 8.31. The summed E-state index contributed by atoms with van der Waals surface area (Å²) in [6, 6.07) is 6.30. The van der Waals surface area contributed by atoms with E-state index in [1.165, 1.54) is 21.7 Å². The van der Waals surface area contributed by atoms with E-state index in [1.54, 1.807) is 6.26 Å². The monoisotopic (exact) mass is 292 g/mol. The molecule has 0 fully saturated rings. The molecule has 0 unspecified atom stereocenters. The van der Waals surface area contributed by atoms with Crippen LogP contribution < -0.4 is 5.32 Å². The molecule has 2 rings (SSSR count). The molecule has 0 aromatic carbocycles. The SMILES string of the molecule is CCCNCc1cc(CN(C)Cc2ccco2)c(C)s1. The minimum Gasteiger partial charge on any atom is -0.468 e. The van der Waals surface area contributed by atoms with Crippen molar-refractivity contribution in [3.63, 3.8) is 0 Å². The molecule has 3 nitrogen and oxygen atoms in total. The lowest BCUT2D eigenvalue weighted by Gasteiger charge is -2.14. The fourth-order valence-electron chi connectivity index (χ4n) is 2.24. The number of rotatable bonds is 8. The number of nitrogens with zero attached hydrogens (tertiary/aromatic N) is 1. The summed E-state index contributed by atoms with van der Waals surface area (Å²) in [4.78, 5) is 5.14. The largest absolute Gasteiger partial charge is 0.468 e. The molecule has 2 aromatic heterocycles. The second-order valence-corrected chi connectivity index (χ2v) is 6.56. The van der Waals surface area contributed by atoms with Crippen molar-refractivity contribution >= 4 is 11.3 Å². The van der Waals surface area contributed by atoms with Gasteiger partial charge in [0.1, 0.15) is 5.76 Å². The van der Waals surface area contributed by atoms with Crippen LogP contribution in [0.1, 0.15) is 34.4 Å². The minimum absolute atomic E-state index is 0.853. The fourth-order valence-corrected chi connectivity index (χ4v) is 3.26. The van der Waals surface area contributed by atoms with E-state index >= 15 is 0 Å². The lowest BCUT2D eigenvalue weighted by molar-refractivity contribution is 0.287. The van der Waals surface area contributed by atoms with Gasteiger partial charge in [-0.15, -0.1) is 11.3 Å². The molecule has 0 aliphatic rings. The molecule has 110 valence electrons. The Labute approximate surface area is 125 Å². The van der Waals surface area contributed by atoms with Crippen LogP contribution in [0.15, 0.2) is 28.9 Å². The zero-order valence-corrected chi connectivity index (χ0v) is 13.4. The highest BCUT2D eigenvalue weighted by atomic mass is 32.1. The molecule has 0 atom stereocenters. The van der Waals surface area contributed by atoms with Gasteiger partial charge in [-0.1, -0.05) is 6.92 Å². The van der Waals surface area contributed by atoms with Crippen molar-refractivity contribution in [2.45, 2.75) is 39.9 Å². The molecule has 0 amide bonds. The molecule has 0 bridgehead atoms. The summed E-state index contributed by atoms with van der Waals surface area (Å²) in [6.07, 6.45) is 2.92. The number of nitrogens with one attached hydrogen (secondary N) is 1. The fraction of sp³-hybridized carbons (Fsp3) is 0.500. The van der Waals surface area contributed by atoms with Gasteiger partial charge in [0, 0.05) is 22.8 Å². The second kappa shape index (κ2) is 7.62. The predicted molar refractivity (Wildman–Crippen MR) is 84.9 cm³/mol. The molecule has 20 heavy (non-hydrogen) atoms. The highest BCUT2D eigenvalue weighted by Crippen LogP contribution is 2.23. The van der Waals surface area contributed by atoms with Crippen molar-refractivity contribution in [1.29, 1.82) is 0 Å². The lowest BCUT2D eigenvalue weighted by Crippen LogP contribution is -2.17. The number of hydrogen-bond donors (Lipinski definition) is 1. The Kier molecular flexibility index (Phi) is 5.83. The highest BCUT2D eigenvalue weighted by molar-refractivity contribution is 7.12. The average Bonchev–Trinajstić information content (AvgIpc) is 3.01. The van der Waals surface area contributed by atoms with Crippen molar-refractivity contribution in [2.24, 2.45) is 0 Å². The Hall–Kier alpha value is -1.10. The van der Waals surface area contributed by atoms with Crippen molar-refractivity contribution < 1.29 is 4.42 Å². The normalized spacial score (nSPS) is 11.4. The predicted octanol–water partition coefficient (Wildman–Crippen LogP) is 3.78. The zero-order chi connectivity index (χ0) is 14.4. The number of furan rings is 1. The smallest absolute Gasteiger partial charge is 0.117 e. The van der Waals surface area contributed by atoms with Gasteiger partial charge < -0.3 is 9.73 Å². The molecule has 2 heterocycles. The van der Waals surface area contributed by atoms with Gasteiger partial charge in [0.2, 0.25) is 0 Å². The Morgan fingerprint density at radius 2 is 2.20 bits per heavy atom. The van der Waals surface area contributed by atoms with Crippen LogP contribution in [0.5, 0.6) is 0 Å². The van der Waals surface area contributed by atoms with Gasteiger partial charge in [-0.2, -0.15) is 0 Å². The first-order chi connectivity index (χ1) is 9.69. The Morgan fingerprint density at radius 1 is 1.35 bits per heavy atom. The maximum absolute atomic E-state index is 5.39. The summed E-state index contributed by atoms with van der Waals surface area (Å²) in [5, 5.41) is 3.46. The van der Waals surface area contributed by atoms with Gasteiger partial charge >= 0.3 is 0 Å². The van der Waals surface area contributed by atoms with E-state index in [0.29, 0.717) is 0 Å². The van der Waals surface area contributed by atoms with Gasteiger partial charge in [0.05, 0.1) is 12.8 Å². The minimum atomic E-state index is 0.853.